The summed E-state index contributed by atoms with van der Waals surface area (Å²) in [5.41, 5.74) is 7.52. The van der Waals surface area contributed by atoms with Crippen molar-refractivity contribution in [2.45, 2.75) is 44.3 Å². The van der Waals surface area contributed by atoms with Gasteiger partial charge in [-0.25, -0.2) is 15.0 Å². The molecule has 0 radical (unpaired) electrons. The summed E-state index contributed by atoms with van der Waals surface area (Å²) in [5, 5.41) is 2.41. The zero-order valence-electron chi connectivity index (χ0n) is 23.1. The summed E-state index contributed by atoms with van der Waals surface area (Å²) in [6.07, 6.45) is 4.05. The highest BCUT2D eigenvalue weighted by Gasteiger charge is 2.33. The van der Waals surface area contributed by atoms with Crippen molar-refractivity contribution in [2.24, 2.45) is 0 Å². The third-order valence-electron chi connectivity index (χ3n) is 7.45. The average molecular weight is 598 g/mol. The summed E-state index contributed by atoms with van der Waals surface area (Å²) in [6, 6.07) is 8.29. The van der Waals surface area contributed by atoms with Gasteiger partial charge < -0.3 is 16.0 Å². The molecule has 1 aliphatic heterocycles. The van der Waals surface area contributed by atoms with Crippen LogP contribution in [0.15, 0.2) is 55.0 Å². The summed E-state index contributed by atoms with van der Waals surface area (Å²) in [5.74, 6) is 1.17. The van der Waals surface area contributed by atoms with E-state index >= 15 is 0 Å². The predicted octanol–water partition coefficient (Wildman–Crippen LogP) is 5.49. The third-order valence-corrected chi connectivity index (χ3v) is 8.06. The van der Waals surface area contributed by atoms with E-state index in [1.165, 1.54) is 0 Å². The number of anilines is 2. The lowest BCUT2D eigenvalue weighted by Crippen LogP contribution is -2.45. The first-order valence-corrected chi connectivity index (χ1v) is 14.8. The van der Waals surface area contributed by atoms with Crippen molar-refractivity contribution in [3.63, 3.8) is 0 Å². The first-order chi connectivity index (χ1) is 20.1. The molecule has 9 nitrogen and oxygen atoms in total. The molecule has 1 fully saturated rings. The molecule has 4 aromatic rings. The minimum Gasteiger partial charge on any atom is -0.382 e. The number of rotatable bonds is 7. The number of hydrogen-bond donors (Lipinski definition) is 2. The highest BCUT2D eigenvalue weighted by molar-refractivity contribution is 7.98. The molecule has 0 spiro atoms. The fourth-order valence-electron chi connectivity index (χ4n) is 5.22. The van der Waals surface area contributed by atoms with Crippen LogP contribution in [-0.2, 0) is 11.0 Å². The number of aromatic nitrogens is 4. The fraction of sp³-hybridized carbons (Fsp3) is 0.345. The first kappa shape index (κ1) is 29.4. The van der Waals surface area contributed by atoms with Crippen LogP contribution in [0.2, 0.25) is 0 Å². The smallest absolute Gasteiger partial charge is 0.382 e. The van der Waals surface area contributed by atoms with Gasteiger partial charge in [-0.1, -0.05) is 12.1 Å². The van der Waals surface area contributed by atoms with Crippen LogP contribution in [0.4, 0.5) is 24.8 Å². The number of hydrogen-bond acceptors (Lipinski definition) is 7. The Morgan fingerprint density at radius 3 is 2.60 bits per heavy atom. The number of nitrogens with one attached hydrogen (secondary N) is 1. The maximum atomic E-state index is 13.0. The highest BCUT2D eigenvalue weighted by atomic mass is 32.2. The van der Waals surface area contributed by atoms with E-state index in [2.05, 4.69) is 22.2 Å². The second kappa shape index (κ2) is 12.0. The van der Waals surface area contributed by atoms with Gasteiger partial charge in [-0.05, 0) is 50.3 Å². The molecule has 2 atom stereocenters. The molecular formula is C29H30F3N7O2S. The lowest BCUT2D eigenvalue weighted by Gasteiger charge is -2.37. The number of nitrogens with two attached hydrogens (primary N) is 1. The Balaban J connectivity index is 1.41. The molecule has 5 rings (SSSR count). The van der Waals surface area contributed by atoms with E-state index in [0.29, 0.717) is 35.6 Å². The lowest BCUT2D eigenvalue weighted by molar-refractivity contribution is -0.137. The van der Waals surface area contributed by atoms with Crippen molar-refractivity contribution in [1.82, 2.24) is 24.3 Å². The molecule has 0 bridgehead atoms. The molecular weight excluding hydrogens is 567 g/mol. The normalized spacial score (nSPS) is 17.4. The van der Waals surface area contributed by atoms with E-state index in [4.69, 9.17) is 10.7 Å². The van der Waals surface area contributed by atoms with Crippen molar-refractivity contribution in [2.75, 3.05) is 29.6 Å². The number of carbonyl (C=O) groups is 2. The molecule has 220 valence electrons. The van der Waals surface area contributed by atoms with Gasteiger partial charge in [0.05, 0.1) is 5.56 Å². The van der Waals surface area contributed by atoms with E-state index in [1.807, 2.05) is 15.6 Å². The number of benzene rings is 1. The summed E-state index contributed by atoms with van der Waals surface area (Å²) < 4.78 is 41.0. The first-order valence-electron chi connectivity index (χ1n) is 13.4. The summed E-state index contributed by atoms with van der Waals surface area (Å²) >= 11 is 1.65. The lowest BCUT2D eigenvalue weighted by atomic mass is 9.92. The number of pyridine rings is 1. The Labute approximate surface area is 244 Å². The maximum Gasteiger partial charge on any atom is 0.416 e. The number of amides is 2. The average Bonchev–Trinajstić information content (AvgIpc) is 3.37. The van der Waals surface area contributed by atoms with Crippen molar-refractivity contribution < 1.29 is 22.8 Å². The van der Waals surface area contributed by atoms with Crippen LogP contribution in [0.3, 0.4) is 0 Å². The van der Waals surface area contributed by atoms with Gasteiger partial charge in [0, 0.05) is 60.4 Å². The number of thioether (sulfide) groups is 1. The van der Waals surface area contributed by atoms with Crippen LogP contribution >= 0.6 is 11.8 Å². The molecule has 4 heterocycles. The van der Waals surface area contributed by atoms with Gasteiger partial charge in [0.25, 0.3) is 5.91 Å². The molecule has 2 amide bonds. The number of halogens is 3. The number of alkyl halides is 3. The Morgan fingerprint density at radius 1 is 1.12 bits per heavy atom. The molecule has 0 unspecified atom stereocenters. The number of nitrogen functional groups attached to an aromatic ring is 1. The van der Waals surface area contributed by atoms with Gasteiger partial charge in [-0.3, -0.25) is 14.0 Å². The number of imidazole rings is 1. The van der Waals surface area contributed by atoms with Crippen LogP contribution in [0.5, 0.6) is 0 Å². The minimum atomic E-state index is -4.55. The molecule has 42 heavy (non-hydrogen) atoms. The summed E-state index contributed by atoms with van der Waals surface area (Å²) in [4.78, 5) is 40.7. The largest absolute Gasteiger partial charge is 0.416 e. The number of carbonyl (C=O) groups excluding carboxylic acids is 2. The van der Waals surface area contributed by atoms with Gasteiger partial charge in [-0.15, -0.1) is 0 Å². The molecule has 1 aromatic carbocycles. The van der Waals surface area contributed by atoms with Crippen molar-refractivity contribution in [1.29, 1.82) is 0 Å². The summed E-state index contributed by atoms with van der Waals surface area (Å²) in [6.45, 7) is 2.63. The van der Waals surface area contributed by atoms with E-state index in [0.717, 1.165) is 42.7 Å². The second-order valence-electron chi connectivity index (χ2n) is 10.2. The molecule has 13 heteroatoms. The van der Waals surface area contributed by atoms with E-state index < -0.39 is 17.6 Å². The standard InChI is InChI=1S/C29H30F3N7O2S/c1-17-3-4-20(16-39(17)23(40)10-14-42-2)27-37-24(25-26(33)35-12-13-38(25)27)18-5-7-19(8-6-18)28(41)36-22-15-21(9-11-34-22)29(30,31)32/h5-9,11-13,15,17,20H,3-4,10,14,16H2,1-2H3,(H2,33,35)(H,34,36,41)/t17-,20+/m1/s1. The Bertz CT molecular complexity index is 1610. The monoisotopic (exact) mass is 597 g/mol. The van der Waals surface area contributed by atoms with Crippen LogP contribution in [0.25, 0.3) is 16.8 Å². The van der Waals surface area contributed by atoms with Gasteiger partial charge in [0.15, 0.2) is 0 Å². The van der Waals surface area contributed by atoms with Crippen molar-refractivity contribution >= 4 is 40.7 Å². The zero-order chi connectivity index (χ0) is 30.0. The number of likely N-dealkylation sites (tertiary alicyclic amines) is 1. The molecule has 1 saturated heterocycles. The molecule has 0 saturated carbocycles. The fourth-order valence-corrected chi connectivity index (χ4v) is 5.60. The van der Waals surface area contributed by atoms with Crippen LogP contribution < -0.4 is 11.1 Å². The highest BCUT2D eigenvalue weighted by Crippen LogP contribution is 2.35. The van der Waals surface area contributed by atoms with E-state index in [-0.39, 0.29) is 29.2 Å². The Hall–Kier alpha value is -4.13. The van der Waals surface area contributed by atoms with E-state index in [9.17, 15) is 22.8 Å². The number of piperidine rings is 1. The number of nitrogens with zero attached hydrogens (tertiary/aromatic N) is 5. The van der Waals surface area contributed by atoms with Gasteiger partial charge in [-0.2, -0.15) is 24.9 Å². The van der Waals surface area contributed by atoms with Crippen LogP contribution in [0, 0.1) is 0 Å². The maximum absolute atomic E-state index is 13.0. The Morgan fingerprint density at radius 2 is 1.88 bits per heavy atom. The predicted molar refractivity (Wildman–Crippen MR) is 156 cm³/mol. The van der Waals surface area contributed by atoms with Crippen LogP contribution in [-0.4, -0.2) is 60.7 Å². The minimum absolute atomic E-state index is 0.00695. The quantitative estimate of drug-likeness (QED) is 0.289. The van der Waals surface area contributed by atoms with Crippen molar-refractivity contribution in [3.8, 4) is 11.3 Å². The SMILES string of the molecule is CSCCC(=O)N1C[C@@H](c2nc(-c3ccc(C(=O)Nc4cc(C(F)(F)F)ccn4)cc3)c3c(N)nccn23)CC[C@H]1C. The van der Waals surface area contributed by atoms with Crippen molar-refractivity contribution in [3.05, 3.63) is 71.9 Å². The van der Waals surface area contributed by atoms with Gasteiger partial charge in [0.1, 0.15) is 28.7 Å². The molecule has 3 N–H and O–H groups in total. The van der Waals surface area contributed by atoms with Gasteiger partial charge >= 0.3 is 6.18 Å². The zero-order valence-corrected chi connectivity index (χ0v) is 23.9. The third kappa shape index (κ3) is 6.06. The second-order valence-corrected chi connectivity index (χ2v) is 11.2. The number of fused-ring (bicyclic) bond motifs is 1. The Kier molecular flexibility index (Phi) is 8.39. The molecule has 1 aliphatic rings. The molecule has 3 aromatic heterocycles. The topological polar surface area (TPSA) is 119 Å². The van der Waals surface area contributed by atoms with E-state index in [1.54, 1.807) is 48.4 Å². The summed E-state index contributed by atoms with van der Waals surface area (Å²) in [7, 11) is 0. The van der Waals surface area contributed by atoms with Crippen LogP contribution in [0.1, 0.15) is 53.8 Å². The molecule has 0 aliphatic carbocycles. The van der Waals surface area contributed by atoms with Gasteiger partial charge in [0.2, 0.25) is 5.91 Å².